The lowest BCUT2D eigenvalue weighted by atomic mass is 10.1. The Kier molecular flexibility index (Phi) is 5.68. The molecular weight excluding hydrogens is 312 g/mol. The third kappa shape index (κ3) is 3.61. The van der Waals surface area contributed by atoms with Crippen molar-refractivity contribution in [1.82, 2.24) is 4.98 Å². The summed E-state index contributed by atoms with van der Waals surface area (Å²) in [5.74, 6) is 0.745. The van der Waals surface area contributed by atoms with Gasteiger partial charge in [0.05, 0.1) is 20.8 Å². The second-order valence-corrected chi connectivity index (χ2v) is 5.26. The monoisotopic (exact) mass is 334 g/mol. The minimum absolute atomic E-state index is 0.179. The van der Waals surface area contributed by atoms with Gasteiger partial charge < -0.3 is 19.3 Å². The van der Waals surface area contributed by atoms with E-state index in [1.807, 2.05) is 6.92 Å². The van der Waals surface area contributed by atoms with Gasteiger partial charge in [-0.1, -0.05) is 13.3 Å². The number of anilines is 1. The summed E-state index contributed by atoms with van der Waals surface area (Å²) in [5.41, 5.74) is 0.784. The smallest absolute Gasteiger partial charge is 0.411 e. The summed E-state index contributed by atoms with van der Waals surface area (Å²) >= 11 is 0. The lowest BCUT2D eigenvalue weighted by Gasteiger charge is -2.15. The highest BCUT2D eigenvalue weighted by atomic mass is 16.5. The molecule has 0 aliphatic heterocycles. The molecule has 1 aromatic carbocycles. The largest absolute Gasteiger partial charge is 0.493 e. The Morgan fingerprint density at radius 2 is 1.83 bits per heavy atom. The highest BCUT2D eigenvalue weighted by Crippen LogP contribution is 2.39. The first-order valence-electron chi connectivity index (χ1n) is 7.70. The first-order chi connectivity index (χ1) is 11.5. The number of hydrogen-bond acceptors (Lipinski definition) is 6. The predicted molar refractivity (Wildman–Crippen MR) is 91.1 cm³/mol. The fourth-order valence-corrected chi connectivity index (χ4v) is 2.35. The molecule has 0 radical (unpaired) electrons. The van der Waals surface area contributed by atoms with E-state index in [0.717, 1.165) is 18.2 Å². The number of aromatic hydroxyl groups is 1. The fourth-order valence-electron chi connectivity index (χ4n) is 2.35. The zero-order chi connectivity index (χ0) is 17.7. The Hall–Kier alpha value is -2.70. The molecule has 0 atom stereocenters. The van der Waals surface area contributed by atoms with Crippen molar-refractivity contribution in [1.29, 1.82) is 0 Å². The van der Waals surface area contributed by atoms with Crippen molar-refractivity contribution >= 4 is 22.6 Å². The summed E-state index contributed by atoms with van der Waals surface area (Å²) in [6.07, 6.45) is 1.06. The van der Waals surface area contributed by atoms with Gasteiger partial charge >= 0.3 is 6.09 Å². The van der Waals surface area contributed by atoms with Crippen LogP contribution in [0.25, 0.3) is 10.8 Å². The van der Waals surface area contributed by atoms with Gasteiger partial charge in [-0.25, -0.2) is 9.78 Å². The number of hydrogen-bond donors (Lipinski definition) is 2. The first kappa shape index (κ1) is 17.7. The van der Waals surface area contributed by atoms with Crippen molar-refractivity contribution < 1.29 is 24.1 Å². The molecule has 0 aliphatic rings. The van der Waals surface area contributed by atoms with Gasteiger partial charge in [-0.05, 0) is 25.5 Å². The molecule has 7 nitrogen and oxygen atoms in total. The number of rotatable bonds is 6. The molecular formula is C17H22N2O5. The number of aryl methyl sites for hydroxylation is 1. The maximum atomic E-state index is 11.9. The second kappa shape index (κ2) is 7.72. The SMILES string of the molecule is CCCCOC(=O)Nc1c(O)nc(C)c2cc(OC)c(OC)cc12. The van der Waals surface area contributed by atoms with Crippen LogP contribution in [0.1, 0.15) is 25.5 Å². The molecule has 24 heavy (non-hydrogen) atoms. The fraction of sp³-hybridized carbons (Fsp3) is 0.412. The molecule has 1 aromatic heterocycles. The summed E-state index contributed by atoms with van der Waals surface area (Å²) in [7, 11) is 3.06. The van der Waals surface area contributed by atoms with E-state index in [4.69, 9.17) is 14.2 Å². The van der Waals surface area contributed by atoms with Crippen molar-refractivity contribution in [3.63, 3.8) is 0 Å². The first-order valence-corrected chi connectivity index (χ1v) is 7.70. The molecule has 0 bridgehead atoms. The van der Waals surface area contributed by atoms with Gasteiger partial charge in [-0.15, -0.1) is 0 Å². The number of fused-ring (bicyclic) bond motifs is 1. The number of nitrogens with one attached hydrogen (secondary N) is 1. The van der Waals surface area contributed by atoms with Crippen molar-refractivity contribution in [2.24, 2.45) is 0 Å². The Labute approximate surface area is 140 Å². The van der Waals surface area contributed by atoms with E-state index in [-0.39, 0.29) is 11.6 Å². The van der Waals surface area contributed by atoms with E-state index in [0.29, 0.717) is 29.2 Å². The Bertz CT molecular complexity index is 746. The van der Waals surface area contributed by atoms with E-state index in [1.54, 1.807) is 19.1 Å². The van der Waals surface area contributed by atoms with E-state index >= 15 is 0 Å². The number of aromatic nitrogens is 1. The van der Waals surface area contributed by atoms with E-state index < -0.39 is 6.09 Å². The van der Waals surface area contributed by atoms with E-state index in [1.165, 1.54) is 14.2 Å². The second-order valence-electron chi connectivity index (χ2n) is 5.26. The number of pyridine rings is 1. The third-order valence-electron chi connectivity index (χ3n) is 3.64. The molecule has 2 rings (SSSR count). The van der Waals surface area contributed by atoms with Crippen LogP contribution in [0.15, 0.2) is 12.1 Å². The molecule has 2 aromatic rings. The molecule has 1 amide bonds. The number of nitrogens with zero attached hydrogens (tertiary/aromatic N) is 1. The van der Waals surface area contributed by atoms with E-state index in [2.05, 4.69) is 10.3 Å². The molecule has 1 heterocycles. The van der Waals surface area contributed by atoms with Crippen LogP contribution in [-0.2, 0) is 4.74 Å². The number of benzene rings is 1. The molecule has 130 valence electrons. The molecule has 0 saturated carbocycles. The number of amides is 1. The summed E-state index contributed by atoms with van der Waals surface area (Å²) in [4.78, 5) is 16.0. The lowest BCUT2D eigenvalue weighted by Crippen LogP contribution is -2.15. The zero-order valence-corrected chi connectivity index (χ0v) is 14.3. The molecule has 0 fully saturated rings. The van der Waals surface area contributed by atoms with E-state index in [9.17, 15) is 9.90 Å². The van der Waals surface area contributed by atoms with Gasteiger partial charge in [0.25, 0.3) is 0 Å². The molecule has 0 unspecified atom stereocenters. The summed E-state index contributed by atoms with van der Waals surface area (Å²) < 4.78 is 15.7. The Morgan fingerprint density at radius 1 is 1.21 bits per heavy atom. The summed E-state index contributed by atoms with van der Waals surface area (Å²) in [6.45, 7) is 4.08. The number of carbonyl (C=O) groups excluding carboxylic acids is 1. The van der Waals surface area contributed by atoms with Crippen LogP contribution in [0.2, 0.25) is 0 Å². The topological polar surface area (TPSA) is 89.9 Å². The lowest BCUT2D eigenvalue weighted by molar-refractivity contribution is 0.160. The average molecular weight is 334 g/mol. The number of methoxy groups -OCH3 is 2. The number of ether oxygens (including phenoxy) is 3. The van der Waals surface area contributed by atoms with Crippen LogP contribution in [0, 0.1) is 6.92 Å². The molecule has 0 saturated heterocycles. The summed E-state index contributed by atoms with van der Waals surface area (Å²) in [6, 6.07) is 3.44. The van der Waals surface area contributed by atoms with Gasteiger partial charge in [0.15, 0.2) is 11.5 Å². The van der Waals surface area contributed by atoms with Crippen molar-refractivity contribution in [2.45, 2.75) is 26.7 Å². The number of carbonyl (C=O) groups is 1. The van der Waals surface area contributed by atoms with Crippen LogP contribution in [0.3, 0.4) is 0 Å². The average Bonchev–Trinajstić information content (AvgIpc) is 2.57. The summed E-state index contributed by atoms with van der Waals surface area (Å²) in [5, 5.41) is 14.0. The minimum atomic E-state index is -0.638. The van der Waals surface area contributed by atoms with Crippen molar-refractivity contribution in [2.75, 3.05) is 26.1 Å². The minimum Gasteiger partial charge on any atom is -0.493 e. The normalized spacial score (nSPS) is 10.5. The predicted octanol–water partition coefficient (Wildman–Crippen LogP) is 3.61. The molecule has 7 heteroatoms. The van der Waals surface area contributed by atoms with Crippen molar-refractivity contribution in [3.05, 3.63) is 17.8 Å². The van der Waals surface area contributed by atoms with Crippen LogP contribution >= 0.6 is 0 Å². The quantitative estimate of drug-likeness (QED) is 0.784. The van der Waals surface area contributed by atoms with Gasteiger partial charge in [-0.3, -0.25) is 5.32 Å². The maximum absolute atomic E-state index is 11.9. The van der Waals surface area contributed by atoms with Crippen LogP contribution in [-0.4, -0.2) is 37.0 Å². The Balaban J connectivity index is 2.46. The zero-order valence-electron chi connectivity index (χ0n) is 14.3. The highest BCUT2D eigenvalue weighted by Gasteiger charge is 2.18. The van der Waals surface area contributed by atoms with Gasteiger partial charge in [0.2, 0.25) is 5.88 Å². The maximum Gasteiger partial charge on any atom is 0.411 e. The van der Waals surface area contributed by atoms with Crippen LogP contribution in [0.4, 0.5) is 10.5 Å². The molecule has 2 N–H and O–H groups in total. The molecule has 0 spiro atoms. The van der Waals surface area contributed by atoms with Gasteiger partial charge in [0.1, 0.15) is 5.69 Å². The van der Waals surface area contributed by atoms with Crippen LogP contribution in [0.5, 0.6) is 17.4 Å². The van der Waals surface area contributed by atoms with Gasteiger partial charge in [0, 0.05) is 16.5 Å². The standard InChI is InChI=1S/C17H22N2O5/c1-5-6-7-24-17(21)19-15-12-9-14(23-4)13(22-3)8-11(12)10(2)18-16(15)20/h8-9H,5-7H2,1-4H3,(H,18,20)(H,19,21). The number of unbranched alkanes of at least 4 members (excludes halogenated alkanes) is 1. The Morgan fingerprint density at radius 3 is 2.42 bits per heavy atom. The van der Waals surface area contributed by atoms with Crippen molar-refractivity contribution in [3.8, 4) is 17.4 Å². The highest BCUT2D eigenvalue weighted by molar-refractivity contribution is 6.04. The van der Waals surface area contributed by atoms with Gasteiger partial charge in [-0.2, -0.15) is 0 Å². The van der Waals surface area contributed by atoms with Crippen LogP contribution < -0.4 is 14.8 Å². The molecule has 0 aliphatic carbocycles. The third-order valence-corrected chi connectivity index (χ3v) is 3.64.